The van der Waals surface area contributed by atoms with Crippen LogP contribution in [-0.2, 0) is 14.3 Å². The first-order chi connectivity index (χ1) is 18.8. The monoisotopic (exact) mass is 521 g/mol. The number of anilines is 1. The third kappa shape index (κ3) is 4.39. The predicted octanol–water partition coefficient (Wildman–Crippen LogP) is 6.91. The normalized spacial score (nSPS) is 25.1. The van der Waals surface area contributed by atoms with Crippen molar-refractivity contribution in [3.8, 4) is 5.75 Å². The zero-order valence-electron chi connectivity index (χ0n) is 22.8. The fraction of sp³-hybridized carbons (Fsp3) is 0.353. The molecule has 4 atom stereocenters. The summed E-state index contributed by atoms with van der Waals surface area (Å²) in [4.78, 5) is 28.6. The highest BCUT2D eigenvalue weighted by atomic mass is 16.5. The lowest BCUT2D eigenvalue weighted by molar-refractivity contribution is -0.122. The zero-order valence-corrected chi connectivity index (χ0v) is 22.8. The first-order valence-corrected chi connectivity index (χ1v) is 14.0. The summed E-state index contributed by atoms with van der Waals surface area (Å²) in [6.45, 7) is 7.00. The molecule has 2 amide bonds. The van der Waals surface area contributed by atoms with E-state index in [2.05, 4.69) is 26.8 Å². The van der Waals surface area contributed by atoms with Crippen molar-refractivity contribution in [2.45, 2.75) is 46.1 Å². The minimum Gasteiger partial charge on any atom is -0.507 e. The van der Waals surface area contributed by atoms with Crippen molar-refractivity contribution >= 4 is 34.4 Å². The number of hydrogen-bond acceptors (Lipinski definition) is 4. The SMILES string of the molecule is C/C(=C\c1ccc(O)c2ccccc12)CC[C@H]1OC[C@H]2C1=C(C(C)C)C[C@H]1C(=O)N(c3ccccc3)C(=O)[C@H]12. The van der Waals surface area contributed by atoms with Crippen LogP contribution in [0.5, 0.6) is 5.75 Å². The fourth-order valence-corrected chi connectivity index (χ4v) is 6.92. The Balaban J connectivity index is 1.25. The average Bonchev–Trinajstić information content (AvgIpc) is 3.47. The second-order valence-electron chi connectivity index (χ2n) is 11.5. The number of aromatic hydroxyl groups is 1. The summed E-state index contributed by atoms with van der Waals surface area (Å²) in [6.07, 6.45) is 4.48. The molecule has 5 nitrogen and oxygen atoms in total. The molecule has 1 aliphatic carbocycles. The summed E-state index contributed by atoms with van der Waals surface area (Å²) in [5.74, 6) is -0.267. The Morgan fingerprint density at radius 1 is 0.974 bits per heavy atom. The van der Waals surface area contributed by atoms with Gasteiger partial charge in [-0.2, -0.15) is 0 Å². The predicted molar refractivity (Wildman–Crippen MR) is 154 cm³/mol. The molecule has 2 heterocycles. The number of amides is 2. The Bertz CT molecular complexity index is 1500. The molecule has 0 radical (unpaired) electrons. The number of fused-ring (bicyclic) bond motifs is 4. The molecule has 3 aromatic rings. The maximum atomic E-state index is 13.7. The first-order valence-electron chi connectivity index (χ1n) is 14.0. The second-order valence-corrected chi connectivity index (χ2v) is 11.5. The lowest BCUT2D eigenvalue weighted by Crippen LogP contribution is -2.35. The zero-order chi connectivity index (χ0) is 27.3. The van der Waals surface area contributed by atoms with Crippen LogP contribution < -0.4 is 4.90 Å². The molecule has 1 N–H and O–H groups in total. The van der Waals surface area contributed by atoms with Gasteiger partial charge in [0.1, 0.15) is 5.75 Å². The van der Waals surface area contributed by atoms with Crippen molar-refractivity contribution in [1.29, 1.82) is 0 Å². The highest BCUT2D eigenvalue weighted by molar-refractivity contribution is 6.22. The number of ether oxygens (including phenoxy) is 1. The highest BCUT2D eigenvalue weighted by Crippen LogP contribution is 2.52. The van der Waals surface area contributed by atoms with Crippen LogP contribution in [0.15, 0.2) is 83.4 Å². The number of phenolic OH excluding ortho intramolecular Hbond substituents is 1. The van der Waals surface area contributed by atoms with Crippen LogP contribution in [0.1, 0.15) is 45.6 Å². The molecule has 0 unspecified atom stereocenters. The highest BCUT2D eigenvalue weighted by Gasteiger charge is 2.57. The van der Waals surface area contributed by atoms with Gasteiger partial charge in [0.2, 0.25) is 11.8 Å². The number of nitrogens with zero attached hydrogens (tertiary/aromatic N) is 1. The molecular formula is C34H35NO4. The largest absolute Gasteiger partial charge is 0.507 e. The molecule has 39 heavy (non-hydrogen) atoms. The maximum Gasteiger partial charge on any atom is 0.238 e. The van der Waals surface area contributed by atoms with Crippen LogP contribution in [0.4, 0.5) is 5.69 Å². The summed E-state index contributed by atoms with van der Waals surface area (Å²) >= 11 is 0. The standard InChI is InChI=1S/C34H35NO4/c1-20(2)26-18-27-32(34(38)35(33(27)37)23-9-5-4-6-10-23)28-19-39-30(31(26)28)16-13-21(3)17-22-14-15-29(36)25-12-8-7-11-24(22)25/h4-12,14-15,17,20,27-28,30,32,36H,13,16,18-19H2,1-3H3/b21-17+/t27-,28+,30-,32-/m1/s1. The number of hydrogen-bond donors (Lipinski definition) is 1. The van der Waals surface area contributed by atoms with E-state index in [0.29, 0.717) is 30.4 Å². The summed E-state index contributed by atoms with van der Waals surface area (Å²) in [5, 5.41) is 12.1. The van der Waals surface area contributed by atoms with Gasteiger partial charge in [0.05, 0.1) is 30.2 Å². The molecule has 0 bridgehead atoms. The van der Waals surface area contributed by atoms with Gasteiger partial charge in [0, 0.05) is 11.3 Å². The van der Waals surface area contributed by atoms with Gasteiger partial charge in [0.25, 0.3) is 0 Å². The molecule has 3 aromatic carbocycles. The minimum atomic E-state index is -0.347. The Kier molecular flexibility index (Phi) is 6.64. The van der Waals surface area contributed by atoms with Gasteiger partial charge < -0.3 is 9.84 Å². The Labute approximate surface area is 229 Å². The number of imide groups is 1. The van der Waals surface area contributed by atoms with Crippen LogP contribution in [0.2, 0.25) is 0 Å². The summed E-state index contributed by atoms with van der Waals surface area (Å²) < 4.78 is 6.40. The van der Waals surface area contributed by atoms with E-state index in [9.17, 15) is 14.7 Å². The molecule has 0 saturated carbocycles. The van der Waals surface area contributed by atoms with Crippen molar-refractivity contribution in [2.75, 3.05) is 11.5 Å². The van der Waals surface area contributed by atoms with Gasteiger partial charge >= 0.3 is 0 Å². The summed E-state index contributed by atoms with van der Waals surface area (Å²) in [7, 11) is 0. The van der Waals surface area contributed by atoms with E-state index < -0.39 is 0 Å². The topological polar surface area (TPSA) is 66.8 Å². The number of para-hydroxylation sites is 1. The van der Waals surface area contributed by atoms with Gasteiger partial charge in [-0.25, -0.2) is 0 Å². The molecule has 0 aromatic heterocycles. The van der Waals surface area contributed by atoms with E-state index in [-0.39, 0.29) is 35.7 Å². The van der Waals surface area contributed by atoms with Gasteiger partial charge in [-0.05, 0) is 66.8 Å². The Morgan fingerprint density at radius 2 is 1.69 bits per heavy atom. The van der Waals surface area contributed by atoms with Crippen molar-refractivity contribution in [3.63, 3.8) is 0 Å². The number of allylic oxidation sites excluding steroid dienone is 2. The average molecular weight is 522 g/mol. The van der Waals surface area contributed by atoms with Crippen molar-refractivity contribution in [2.24, 2.45) is 23.7 Å². The summed E-state index contributed by atoms with van der Waals surface area (Å²) in [6, 6.07) is 20.9. The molecule has 2 saturated heterocycles. The van der Waals surface area contributed by atoms with Crippen molar-refractivity contribution in [3.05, 3.63) is 89.0 Å². The van der Waals surface area contributed by atoms with Crippen LogP contribution >= 0.6 is 0 Å². The molecule has 2 fully saturated rings. The van der Waals surface area contributed by atoms with E-state index in [1.807, 2.05) is 60.7 Å². The number of carbonyl (C=O) groups is 2. The molecular weight excluding hydrogens is 486 g/mol. The number of carbonyl (C=O) groups excluding carboxylic acids is 2. The smallest absolute Gasteiger partial charge is 0.238 e. The van der Waals surface area contributed by atoms with Gasteiger partial charge in [-0.3, -0.25) is 14.5 Å². The molecule has 2 aliphatic heterocycles. The number of phenols is 1. The third-order valence-electron chi connectivity index (χ3n) is 8.79. The number of benzene rings is 3. The summed E-state index contributed by atoms with van der Waals surface area (Å²) in [5.41, 5.74) is 5.55. The van der Waals surface area contributed by atoms with Gasteiger partial charge in [-0.15, -0.1) is 0 Å². The van der Waals surface area contributed by atoms with E-state index in [1.54, 1.807) is 6.07 Å². The quantitative estimate of drug-likeness (QED) is 0.283. The minimum absolute atomic E-state index is 0.0399. The van der Waals surface area contributed by atoms with Crippen LogP contribution in [0.3, 0.4) is 0 Å². The number of rotatable bonds is 6. The van der Waals surface area contributed by atoms with Crippen molar-refractivity contribution in [1.82, 2.24) is 0 Å². The van der Waals surface area contributed by atoms with E-state index in [0.717, 1.165) is 29.2 Å². The lowest BCUT2D eigenvalue weighted by atomic mass is 9.67. The first kappa shape index (κ1) is 25.6. The second kappa shape index (κ2) is 10.1. The Morgan fingerprint density at radius 3 is 2.44 bits per heavy atom. The molecule has 5 heteroatoms. The van der Waals surface area contributed by atoms with Crippen LogP contribution in [0, 0.1) is 23.7 Å². The van der Waals surface area contributed by atoms with Crippen LogP contribution in [-0.4, -0.2) is 29.6 Å². The van der Waals surface area contributed by atoms with E-state index in [1.165, 1.54) is 21.6 Å². The molecule has 6 rings (SSSR count). The third-order valence-corrected chi connectivity index (χ3v) is 8.79. The molecule has 0 spiro atoms. The van der Waals surface area contributed by atoms with Crippen LogP contribution in [0.25, 0.3) is 16.8 Å². The molecule has 200 valence electrons. The maximum absolute atomic E-state index is 13.7. The van der Waals surface area contributed by atoms with E-state index >= 15 is 0 Å². The van der Waals surface area contributed by atoms with E-state index in [4.69, 9.17) is 4.74 Å². The van der Waals surface area contributed by atoms with Crippen molar-refractivity contribution < 1.29 is 19.4 Å². The Hall–Kier alpha value is -3.70. The van der Waals surface area contributed by atoms with Gasteiger partial charge in [0.15, 0.2) is 0 Å². The molecule has 3 aliphatic rings. The lowest BCUT2D eigenvalue weighted by Gasteiger charge is -2.33. The van der Waals surface area contributed by atoms with Gasteiger partial charge in [-0.1, -0.05) is 79.6 Å². The fourth-order valence-electron chi connectivity index (χ4n) is 6.92.